The summed E-state index contributed by atoms with van der Waals surface area (Å²) in [7, 11) is 0. The van der Waals surface area contributed by atoms with Crippen molar-refractivity contribution in [3.05, 3.63) is 61.4 Å². The van der Waals surface area contributed by atoms with E-state index in [1.54, 1.807) is 30.9 Å². The number of pyridine rings is 2. The third-order valence-corrected chi connectivity index (χ3v) is 5.74. The number of amides is 1. The Bertz CT molecular complexity index is 1240. The van der Waals surface area contributed by atoms with Crippen LogP contribution in [0.15, 0.2) is 61.4 Å². The first-order valence-electron chi connectivity index (χ1n) is 11.0. The zero-order chi connectivity index (χ0) is 22.8. The Kier molecular flexibility index (Phi) is 5.70. The second-order valence-corrected chi connectivity index (χ2v) is 8.46. The normalized spacial score (nSPS) is 18.4. The SMILES string of the molecule is CC1CN(c2ccnc3c2ccn3CC(=O)Nc2ccc(-c3cnccn3)cn2)CC(C)N1. The molecule has 0 aromatic carbocycles. The lowest BCUT2D eigenvalue weighted by Gasteiger charge is -2.37. The van der Waals surface area contributed by atoms with Crippen molar-refractivity contribution in [2.45, 2.75) is 32.5 Å². The van der Waals surface area contributed by atoms with Crippen molar-refractivity contribution in [2.75, 3.05) is 23.3 Å². The van der Waals surface area contributed by atoms with E-state index in [1.165, 1.54) is 0 Å². The van der Waals surface area contributed by atoms with Gasteiger partial charge in [0.25, 0.3) is 0 Å². The van der Waals surface area contributed by atoms with Crippen molar-refractivity contribution in [3.8, 4) is 11.3 Å². The Morgan fingerprint density at radius 3 is 2.61 bits per heavy atom. The van der Waals surface area contributed by atoms with E-state index in [9.17, 15) is 4.79 Å². The molecule has 5 heterocycles. The highest BCUT2D eigenvalue weighted by atomic mass is 16.2. The minimum absolute atomic E-state index is 0.155. The van der Waals surface area contributed by atoms with Crippen molar-refractivity contribution in [2.24, 2.45) is 0 Å². The van der Waals surface area contributed by atoms with E-state index in [0.29, 0.717) is 17.9 Å². The third kappa shape index (κ3) is 4.54. The molecule has 1 fully saturated rings. The van der Waals surface area contributed by atoms with Crippen LogP contribution in [0, 0.1) is 0 Å². The maximum atomic E-state index is 12.7. The molecule has 9 heteroatoms. The van der Waals surface area contributed by atoms with Crippen LogP contribution in [0.5, 0.6) is 0 Å². The number of anilines is 2. The molecule has 0 aliphatic carbocycles. The molecule has 5 rings (SSSR count). The summed E-state index contributed by atoms with van der Waals surface area (Å²) in [4.78, 5) is 32.3. The molecule has 2 atom stereocenters. The van der Waals surface area contributed by atoms with Gasteiger partial charge >= 0.3 is 0 Å². The molecule has 0 saturated carbocycles. The van der Waals surface area contributed by atoms with Gasteiger partial charge in [0.1, 0.15) is 18.0 Å². The summed E-state index contributed by atoms with van der Waals surface area (Å²) in [6.07, 6.45) is 10.3. The number of nitrogens with one attached hydrogen (secondary N) is 2. The molecule has 0 radical (unpaired) electrons. The van der Waals surface area contributed by atoms with Crippen LogP contribution in [0.3, 0.4) is 0 Å². The number of hydrogen-bond donors (Lipinski definition) is 2. The maximum Gasteiger partial charge on any atom is 0.245 e. The Balaban J connectivity index is 1.30. The molecule has 1 aliphatic rings. The predicted molar refractivity (Wildman–Crippen MR) is 128 cm³/mol. The summed E-state index contributed by atoms with van der Waals surface area (Å²) in [5.41, 5.74) is 3.52. The lowest BCUT2D eigenvalue weighted by molar-refractivity contribution is -0.116. The summed E-state index contributed by atoms with van der Waals surface area (Å²) >= 11 is 0. The highest BCUT2D eigenvalue weighted by Gasteiger charge is 2.23. The Hall–Kier alpha value is -3.85. The maximum absolute atomic E-state index is 12.7. The molecule has 0 spiro atoms. The molecule has 1 amide bonds. The first-order valence-corrected chi connectivity index (χ1v) is 11.0. The molecule has 1 saturated heterocycles. The molecular weight excluding hydrogens is 416 g/mol. The minimum atomic E-state index is -0.163. The number of hydrogen-bond acceptors (Lipinski definition) is 7. The van der Waals surface area contributed by atoms with Gasteiger partial charge in [-0.05, 0) is 38.1 Å². The second kappa shape index (κ2) is 8.95. The zero-order valence-corrected chi connectivity index (χ0v) is 18.6. The number of carbonyl (C=O) groups is 1. The van der Waals surface area contributed by atoms with Crippen LogP contribution in [0.4, 0.5) is 11.5 Å². The molecule has 2 N–H and O–H groups in total. The monoisotopic (exact) mass is 442 g/mol. The molecular formula is C24H26N8O. The van der Waals surface area contributed by atoms with Crippen LogP contribution in [-0.4, -0.2) is 55.6 Å². The topological polar surface area (TPSA) is 101 Å². The van der Waals surface area contributed by atoms with Gasteiger partial charge in [-0.15, -0.1) is 0 Å². The Morgan fingerprint density at radius 2 is 1.88 bits per heavy atom. The molecule has 33 heavy (non-hydrogen) atoms. The Labute approximate surface area is 191 Å². The van der Waals surface area contributed by atoms with Crippen LogP contribution in [-0.2, 0) is 11.3 Å². The zero-order valence-electron chi connectivity index (χ0n) is 18.6. The molecule has 168 valence electrons. The Morgan fingerprint density at radius 1 is 1.03 bits per heavy atom. The van der Waals surface area contributed by atoms with Gasteiger partial charge in [0.2, 0.25) is 5.91 Å². The highest BCUT2D eigenvalue weighted by molar-refractivity contribution is 5.93. The van der Waals surface area contributed by atoms with Gasteiger partial charge in [-0.1, -0.05) is 0 Å². The number of fused-ring (bicyclic) bond motifs is 1. The number of rotatable bonds is 5. The van der Waals surface area contributed by atoms with Gasteiger partial charge in [-0.3, -0.25) is 14.8 Å². The molecule has 4 aromatic rings. The molecule has 9 nitrogen and oxygen atoms in total. The van der Waals surface area contributed by atoms with Crippen LogP contribution in [0.2, 0.25) is 0 Å². The molecule has 2 unspecified atom stereocenters. The fraction of sp³-hybridized carbons (Fsp3) is 0.292. The van der Waals surface area contributed by atoms with E-state index in [4.69, 9.17) is 0 Å². The van der Waals surface area contributed by atoms with Crippen molar-refractivity contribution < 1.29 is 4.79 Å². The van der Waals surface area contributed by atoms with Crippen molar-refractivity contribution >= 4 is 28.4 Å². The van der Waals surface area contributed by atoms with E-state index < -0.39 is 0 Å². The minimum Gasteiger partial charge on any atom is -0.368 e. The average molecular weight is 443 g/mol. The summed E-state index contributed by atoms with van der Waals surface area (Å²) in [5.74, 6) is 0.324. The quantitative estimate of drug-likeness (QED) is 0.490. The number of aromatic nitrogens is 5. The van der Waals surface area contributed by atoms with Crippen LogP contribution >= 0.6 is 0 Å². The smallest absolute Gasteiger partial charge is 0.245 e. The van der Waals surface area contributed by atoms with E-state index >= 15 is 0 Å². The first kappa shape index (κ1) is 21.0. The van der Waals surface area contributed by atoms with Gasteiger partial charge < -0.3 is 20.1 Å². The first-order chi connectivity index (χ1) is 16.1. The van der Waals surface area contributed by atoms with Crippen molar-refractivity contribution in [1.82, 2.24) is 29.8 Å². The van der Waals surface area contributed by atoms with Gasteiger partial charge in [-0.2, -0.15) is 0 Å². The summed E-state index contributed by atoms with van der Waals surface area (Å²) < 4.78 is 1.87. The van der Waals surface area contributed by atoms with Crippen molar-refractivity contribution in [3.63, 3.8) is 0 Å². The number of piperazine rings is 1. The number of nitrogens with zero attached hydrogens (tertiary/aromatic N) is 6. The third-order valence-electron chi connectivity index (χ3n) is 5.74. The molecule has 0 bridgehead atoms. The van der Waals surface area contributed by atoms with Crippen LogP contribution in [0.1, 0.15) is 13.8 Å². The van der Waals surface area contributed by atoms with Crippen LogP contribution < -0.4 is 15.5 Å². The highest BCUT2D eigenvalue weighted by Crippen LogP contribution is 2.28. The van der Waals surface area contributed by atoms with E-state index in [1.807, 2.05) is 29.1 Å². The largest absolute Gasteiger partial charge is 0.368 e. The van der Waals surface area contributed by atoms with Gasteiger partial charge in [0.15, 0.2) is 0 Å². The molecule has 4 aromatic heterocycles. The average Bonchev–Trinajstić information content (AvgIpc) is 3.22. The van der Waals surface area contributed by atoms with Gasteiger partial charge in [-0.25, -0.2) is 9.97 Å². The summed E-state index contributed by atoms with van der Waals surface area (Å²) in [6.45, 7) is 6.42. The second-order valence-electron chi connectivity index (χ2n) is 8.46. The standard InChI is InChI=1S/C24H26N8O/c1-16-13-32(14-17(2)29-16)21-5-7-27-24-19(21)6-10-31(24)15-23(33)30-22-4-3-18(11-28-22)20-12-25-8-9-26-20/h3-12,16-17,29H,13-15H2,1-2H3,(H,28,30,33). The fourth-order valence-electron chi connectivity index (χ4n) is 4.41. The van der Waals surface area contributed by atoms with E-state index in [-0.39, 0.29) is 12.5 Å². The van der Waals surface area contributed by atoms with Gasteiger partial charge in [0, 0.05) is 72.8 Å². The van der Waals surface area contributed by atoms with Gasteiger partial charge in [0.05, 0.1) is 11.9 Å². The van der Waals surface area contributed by atoms with E-state index in [0.717, 1.165) is 41.1 Å². The van der Waals surface area contributed by atoms with E-state index in [2.05, 4.69) is 55.4 Å². The summed E-state index contributed by atoms with van der Waals surface area (Å²) in [6, 6.07) is 8.55. The summed E-state index contributed by atoms with van der Waals surface area (Å²) in [5, 5.41) is 7.48. The molecule has 1 aliphatic heterocycles. The lowest BCUT2D eigenvalue weighted by Crippen LogP contribution is -2.54. The lowest BCUT2D eigenvalue weighted by atomic mass is 10.1. The van der Waals surface area contributed by atoms with Crippen molar-refractivity contribution in [1.29, 1.82) is 0 Å². The number of carbonyl (C=O) groups excluding carboxylic acids is 1. The van der Waals surface area contributed by atoms with Crippen LogP contribution in [0.25, 0.3) is 22.3 Å². The predicted octanol–water partition coefficient (Wildman–Crippen LogP) is 2.71. The fourth-order valence-corrected chi connectivity index (χ4v) is 4.41.